The number of rotatable bonds is 4. The Morgan fingerprint density at radius 3 is 2.25 bits per heavy atom. The van der Waals surface area contributed by atoms with Crippen molar-refractivity contribution in [3.05, 3.63) is 168 Å². The van der Waals surface area contributed by atoms with Crippen molar-refractivity contribution in [2.24, 2.45) is 9.98 Å². The molecule has 0 amide bonds. The van der Waals surface area contributed by atoms with Gasteiger partial charge in [0.2, 0.25) is 0 Å². The van der Waals surface area contributed by atoms with Crippen LogP contribution in [0.15, 0.2) is 166 Å². The fraction of sp³-hybridized carbons (Fsp3) is 0.0233. The zero-order valence-electron chi connectivity index (χ0n) is 25.7. The number of furan rings is 1. The number of aliphatic imine (C=N–C) groups is 2. The highest BCUT2D eigenvalue weighted by molar-refractivity contribution is 7.26. The fourth-order valence-corrected chi connectivity index (χ4v) is 8.30. The summed E-state index contributed by atoms with van der Waals surface area (Å²) in [6.45, 7) is 0. The van der Waals surface area contributed by atoms with Crippen LogP contribution in [0, 0.1) is 0 Å². The summed E-state index contributed by atoms with van der Waals surface area (Å²) in [5, 5.41) is 10.8. The average Bonchev–Trinajstić information content (AvgIpc) is 3.73. The van der Waals surface area contributed by atoms with Gasteiger partial charge in [0.25, 0.3) is 0 Å². The summed E-state index contributed by atoms with van der Waals surface area (Å²) in [7, 11) is 0. The first-order valence-electron chi connectivity index (χ1n) is 16.1. The van der Waals surface area contributed by atoms with Gasteiger partial charge in [-0.3, -0.25) is 0 Å². The summed E-state index contributed by atoms with van der Waals surface area (Å²) in [5.41, 5.74) is 7.02. The van der Waals surface area contributed by atoms with E-state index in [4.69, 9.17) is 14.4 Å². The number of thiophene rings is 1. The maximum absolute atomic E-state index is 6.69. The molecule has 4 nitrogen and oxygen atoms in total. The van der Waals surface area contributed by atoms with Crippen molar-refractivity contribution in [3.8, 4) is 11.1 Å². The number of para-hydroxylation sites is 1. The highest BCUT2D eigenvalue weighted by atomic mass is 32.1. The molecule has 0 radical (unpaired) electrons. The molecule has 0 bridgehead atoms. The molecule has 5 heteroatoms. The Labute approximate surface area is 280 Å². The van der Waals surface area contributed by atoms with Crippen LogP contribution in [0.4, 0.5) is 0 Å². The molecule has 7 aromatic carbocycles. The zero-order chi connectivity index (χ0) is 31.6. The van der Waals surface area contributed by atoms with Crippen LogP contribution >= 0.6 is 11.3 Å². The second-order valence-electron chi connectivity index (χ2n) is 12.2. The first-order valence-corrected chi connectivity index (χ1v) is 16.9. The second-order valence-corrected chi connectivity index (χ2v) is 13.2. The van der Waals surface area contributed by atoms with Gasteiger partial charge >= 0.3 is 0 Å². The smallest absolute Gasteiger partial charge is 0.159 e. The molecule has 0 aliphatic carbocycles. The maximum Gasteiger partial charge on any atom is 0.159 e. The minimum atomic E-state index is -0.383. The Kier molecular flexibility index (Phi) is 6.08. The normalized spacial score (nSPS) is 14.9. The zero-order valence-corrected chi connectivity index (χ0v) is 26.5. The lowest BCUT2D eigenvalue weighted by Crippen LogP contribution is -2.33. The summed E-state index contributed by atoms with van der Waals surface area (Å²) < 4.78 is 9.17. The van der Waals surface area contributed by atoms with Gasteiger partial charge < -0.3 is 9.73 Å². The van der Waals surface area contributed by atoms with Crippen LogP contribution in [0.2, 0.25) is 0 Å². The molecular formula is C43H27N3OS. The van der Waals surface area contributed by atoms with E-state index in [2.05, 4.69) is 139 Å². The lowest BCUT2D eigenvalue weighted by atomic mass is 9.97. The molecule has 0 saturated carbocycles. The van der Waals surface area contributed by atoms with E-state index in [1.807, 2.05) is 18.2 Å². The Morgan fingerprint density at radius 1 is 0.583 bits per heavy atom. The van der Waals surface area contributed by atoms with Gasteiger partial charge in [0.15, 0.2) is 5.84 Å². The van der Waals surface area contributed by atoms with Crippen LogP contribution in [-0.4, -0.2) is 11.7 Å². The summed E-state index contributed by atoms with van der Waals surface area (Å²) in [5.74, 6) is 1.52. The molecule has 2 aromatic heterocycles. The van der Waals surface area contributed by atoms with Gasteiger partial charge in [-0.2, -0.15) is 0 Å². The van der Waals surface area contributed by atoms with E-state index in [1.165, 1.54) is 30.9 Å². The number of amidine groups is 2. The van der Waals surface area contributed by atoms with Crippen LogP contribution in [0.25, 0.3) is 64.0 Å². The number of benzene rings is 7. The van der Waals surface area contributed by atoms with E-state index >= 15 is 0 Å². The van der Waals surface area contributed by atoms with Crippen LogP contribution in [0.1, 0.15) is 22.9 Å². The molecule has 1 N–H and O–H groups in total. The summed E-state index contributed by atoms with van der Waals surface area (Å²) >= 11 is 1.81. The van der Waals surface area contributed by atoms with Gasteiger partial charge in [0.1, 0.15) is 23.2 Å². The van der Waals surface area contributed by atoms with E-state index in [0.29, 0.717) is 5.84 Å². The largest absolute Gasteiger partial charge is 0.455 e. The van der Waals surface area contributed by atoms with Crippen molar-refractivity contribution in [3.63, 3.8) is 0 Å². The van der Waals surface area contributed by atoms with Crippen molar-refractivity contribution < 1.29 is 4.42 Å². The van der Waals surface area contributed by atoms with Gasteiger partial charge in [-0.1, -0.05) is 127 Å². The highest BCUT2D eigenvalue weighted by Crippen LogP contribution is 2.41. The summed E-state index contributed by atoms with van der Waals surface area (Å²) in [6, 6.07) is 53.1. The van der Waals surface area contributed by atoms with Gasteiger partial charge in [-0.25, -0.2) is 9.98 Å². The summed E-state index contributed by atoms with van der Waals surface area (Å²) in [6.07, 6.45) is -0.383. The third kappa shape index (κ3) is 4.29. The molecule has 0 saturated heterocycles. The SMILES string of the molecule is c1ccc(C2=NC(c3cccc4oc5c(-c6ccc7ccccc7c6)cccc5c34)NC(c3cccc4c3sc3ccccc34)=N2)cc1. The van der Waals surface area contributed by atoms with E-state index in [9.17, 15) is 0 Å². The molecule has 0 fully saturated rings. The van der Waals surface area contributed by atoms with Crippen molar-refractivity contribution in [1.29, 1.82) is 0 Å². The Morgan fingerprint density at radius 2 is 1.33 bits per heavy atom. The standard InChI is InChI=1S/C43H27N3OS/c1-2-12-27(13-3-1)41-44-42(46-43(45-41)35-20-9-17-32-31-15-6-7-22-37(31)48-40(32)35)34-19-10-21-36-38(34)33-18-8-16-30(39(33)47-36)29-24-23-26-11-4-5-14-28(26)25-29/h1-25,42H,(H,44,45,46). The first-order chi connectivity index (χ1) is 23.8. The molecule has 0 spiro atoms. The molecule has 10 rings (SSSR count). The van der Waals surface area contributed by atoms with Crippen molar-refractivity contribution in [2.45, 2.75) is 6.17 Å². The number of hydrogen-bond donors (Lipinski definition) is 1. The maximum atomic E-state index is 6.69. The van der Waals surface area contributed by atoms with Crippen LogP contribution < -0.4 is 5.32 Å². The molecule has 1 aliphatic heterocycles. The first kappa shape index (κ1) is 27.1. The Hall–Kier alpha value is -6.04. The van der Waals surface area contributed by atoms with Crippen LogP contribution in [0.3, 0.4) is 0 Å². The molecule has 1 aliphatic rings. The fourth-order valence-electron chi connectivity index (χ4n) is 7.08. The predicted molar refractivity (Wildman–Crippen MR) is 201 cm³/mol. The summed E-state index contributed by atoms with van der Waals surface area (Å²) in [4.78, 5) is 10.4. The lowest BCUT2D eigenvalue weighted by Gasteiger charge is -2.24. The number of fused-ring (bicyclic) bond motifs is 7. The van der Waals surface area contributed by atoms with E-state index in [0.717, 1.165) is 55.6 Å². The van der Waals surface area contributed by atoms with Crippen molar-refractivity contribution >= 4 is 75.9 Å². The Bertz CT molecular complexity index is 2770. The van der Waals surface area contributed by atoms with Gasteiger partial charge in [0, 0.05) is 53.2 Å². The monoisotopic (exact) mass is 633 g/mol. The quantitative estimate of drug-likeness (QED) is 0.210. The highest BCUT2D eigenvalue weighted by Gasteiger charge is 2.26. The lowest BCUT2D eigenvalue weighted by molar-refractivity contribution is 0.663. The predicted octanol–water partition coefficient (Wildman–Crippen LogP) is 11.3. The second kappa shape index (κ2) is 10.8. The van der Waals surface area contributed by atoms with Crippen molar-refractivity contribution in [1.82, 2.24) is 5.32 Å². The van der Waals surface area contributed by atoms with Crippen LogP contribution in [-0.2, 0) is 0 Å². The molecular weight excluding hydrogens is 607 g/mol. The molecule has 1 atom stereocenters. The van der Waals surface area contributed by atoms with E-state index < -0.39 is 0 Å². The van der Waals surface area contributed by atoms with Crippen molar-refractivity contribution in [2.75, 3.05) is 0 Å². The molecule has 48 heavy (non-hydrogen) atoms. The van der Waals surface area contributed by atoms with Crippen LogP contribution in [0.5, 0.6) is 0 Å². The minimum Gasteiger partial charge on any atom is -0.455 e. The number of nitrogens with zero attached hydrogens (tertiary/aromatic N) is 2. The van der Waals surface area contributed by atoms with Gasteiger partial charge in [-0.05, 0) is 40.6 Å². The minimum absolute atomic E-state index is 0.383. The molecule has 226 valence electrons. The molecule has 3 heterocycles. The Balaban J connectivity index is 1.16. The van der Waals surface area contributed by atoms with E-state index in [-0.39, 0.29) is 6.17 Å². The third-order valence-corrected chi connectivity index (χ3v) is 10.6. The van der Waals surface area contributed by atoms with Gasteiger partial charge in [-0.15, -0.1) is 11.3 Å². The van der Waals surface area contributed by atoms with Gasteiger partial charge in [0.05, 0.1) is 0 Å². The third-order valence-electron chi connectivity index (χ3n) is 9.34. The molecule has 9 aromatic rings. The average molecular weight is 634 g/mol. The number of hydrogen-bond acceptors (Lipinski definition) is 5. The topological polar surface area (TPSA) is 49.9 Å². The number of nitrogens with one attached hydrogen (secondary N) is 1. The van der Waals surface area contributed by atoms with E-state index in [1.54, 1.807) is 11.3 Å². The molecule has 1 unspecified atom stereocenters.